The van der Waals surface area contributed by atoms with Crippen LogP contribution in [0.3, 0.4) is 0 Å². The number of benzene rings is 1. The van der Waals surface area contributed by atoms with Gasteiger partial charge in [-0.25, -0.2) is 4.79 Å². The molecule has 2 fully saturated rings. The number of likely N-dealkylation sites (N-methyl/N-ethyl adjacent to an activating group) is 4. The zero-order chi connectivity index (χ0) is 58.7. The molecule has 2 aliphatic rings. The van der Waals surface area contributed by atoms with Crippen molar-refractivity contribution in [2.24, 2.45) is 29.6 Å². The number of fused-ring (bicyclic) bond motifs is 1. The van der Waals surface area contributed by atoms with Crippen LogP contribution in [-0.2, 0) is 59.1 Å². The van der Waals surface area contributed by atoms with E-state index in [1.807, 2.05) is 20.8 Å². The van der Waals surface area contributed by atoms with Gasteiger partial charge >= 0.3 is 11.9 Å². The Bertz CT molecular complexity index is 2310. The lowest BCUT2D eigenvalue weighted by Crippen LogP contribution is -2.63. The van der Waals surface area contributed by atoms with E-state index in [0.29, 0.717) is 22.9 Å². The Morgan fingerprint density at radius 1 is 0.714 bits per heavy atom. The second-order valence-electron chi connectivity index (χ2n) is 22.7. The largest absolute Gasteiger partial charge is 0.481 e. The number of carbonyl (C=O) groups excluding carboxylic acids is 9. The van der Waals surface area contributed by atoms with E-state index in [2.05, 4.69) is 31.9 Å². The van der Waals surface area contributed by atoms with E-state index >= 15 is 4.79 Å². The van der Waals surface area contributed by atoms with Gasteiger partial charge in [0.2, 0.25) is 41.4 Å². The molecule has 0 radical (unpaired) electrons. The Morgan fingerprint density at radius 3 is 1.74 bits per heavy atom. The molecule has 0 saturated carbocycles. The second-order valence-corrected chi connectivity index (χ2v) is 23.7. The van der Waals surface area contributed by atoms with Gasteiger partial charge in [-0.15, -0.1) is 0 Å². The van der Waals surface area contributed by atoms with E-state index in [4.69, 9.17) is 4.74 Å². The van der Waals surface area contributed by atoms with Gasteiger partial charge in [0.25, 0.3) is 5.91 Å². The number of carboxylic acids is 1. The number of esters is 1. The molecule has 432 valence electrons. The summed E-state index contributed by atoms with van der Waals surface area (Å²) >= 11 is 3.46. The van der Waals surface area contributed by atoms with Crippen LogP contribution in [0.2, 0.25) is 0 Å². The van der Waals surface area contributed by atoms with E-state index in [-0.39, 0.29) is 38.1 Å². The quantitative estimate of drug-likeness (QED) is 0.178. The molecule has 22 heteroatoms. The van der Waals surface area contributed by atoms with Crippen molar-refractivity contribution in [3.63, 3.8) is 0 Å². The summed E-state index contributed by atoms with van der Waals surface area (Å²) < 4.78 is 6.66. The maximum atomic E-state index is 15.1. The van der Waals surface area contributed by atoms with Crippen LogP contribution in [0.5, 0.6) is 0 Å². The molecule has 1 aromatic rings. The molecule has 0 aromatic heterocycles. The third-order valence-corrected chi connectivity index (χ3v) is 15.4. The molecule has 0 bridgehead atoms. The maximum absolute atomic E-state index is 15.1. The van der Waals surface area contributed by atoms with Crippen LogP contribution in [0.15, 0.2) is 28.7 Å². The highest BCUT2D eigenvalue weighted by Crippen LogP contribution is 2.27. The molecular weight excluding hydrogens is 1060 g/mol. The minimum Gasteiger partial charge on any atom is -0.481 e. The lowest BCUT2D eigenvalue weighted by molar-refractivity contribution is -0.177. The number of aliphatic carboxylic acids is 1. The van der Waals surface area contributed by atoms with Gasteiger partial charge in [-0.1, -0.05) is 104 Å². The third-order valence-electron chi connectivity index (χ3n) is 15.0. The maximum Gasteiger partial charge on any atom is 0.332 e. The Morgan fingerprint density at radius 2 is 1.25 bits per heavy atom. The van der Waals surface area contributed by atoms with E-state index < -0.39 is 149 Å². The molecule has 2 heterocycles. The summed E-state index contributed by atoms with van der Waals surface area (Å²) in [4.78, 5) is 151. The average Bonchev–Trinajstić information content (AvgIpc) is 3.83. The van der Waals surface area contributed by atoms with Crippen LogP contribution in [-0.4, -0.2) is 189 Å². The topological polar surface area (TPSA) is 273 Å². The predicted molar refractivity (Wildman–Crippen MR) is 291 cm³/mol. The zero-order valence-corrected chi connectivity index (χ0v) is 49.6. The van der Waals surface area contributed by atoms with Crippen molar-refractivity contribution in [3.8, 4) is 0 Å². The Labute approximate surface area is 463 Å². The van der Waals surface area contributed by atoms with Crippen molar-refractivity contribution in [1.82, 2.24) is 40.4 Å². The number of cyclic esters (lactones) is 1. The minimum absolute atomic E-state index is 0.0586. The number of aliphatic hydroxyl groups is 1. The molecule has 3 rings (SSSR count). The summed E-state index contributed by atoms with van der Waals surface area (Å²) in [5, 5.41) is 30.1. The predicted octanol–water partition coefficient (Wildman–Crippen LogP) is 3.37. The van der Waals surface area contributed by atoms with E-state index in [9.17, 15) is 53.4 Å². The number of carboxylic acid groups (broad SMARTS) is 1. The summed E-state index contributed by atoms with van der Waals surface area (Å²) in [5.74, 6) is -11.5. The first-order valence-corrected chi connectivity index (χ1v) is 27.7. The fraction of sp³-hybridized carbons (Fsp3) is 0.709. The number of hydrogen-bond acceptors (Lipinski definition) is 12. The van der Waals surface area contributed by atoms with E-state index in [1.165, 1.54) is 51.8 Å². The van der Waals surface area contributed by atoms with Crippen LogP contribution < -0.4 is 16.0 Å². The number of amides is 8. The molecule has 2 saturated heterocycles. The second kappa shape index (κ2) is 28.3. The van der Waals surface area contributed by atoms with Crippen LogP contribution >= 0.6 is 15.9 Å². The van der Waals surface area contributed by atoms with Crippen LogP contribution in [0.4, 0.5) is 0 Å². The third kappa shape index (κ3) is 16.7. The first-order valence-electron chi connectivity index (χ1n) is 26.9. The molecule has 21 nitrogen and oxygen atoms in total. The van der Waals surface area contributed by atoms with E-state index in [1.54, 1.807) is 72.7 Å². The van der Waals surface area contributed by atoms with Crippen molar-refractivity contribution >= 4 is 75.1 Å². The summed E-state index contributed by atoms with van der Waals surface area (Å²) in [6.45, 7) is 19.9. The highest BCUT2D eigenvalue weighted by atomic mass is 79.9. The summed E-state index contributed by atoms with van der Waals surface area (Å²) in [6, 6.07) is -4.17. The fourth-order valence-corrected chi connectivity index (χ4v) is 10.8. The standard InChI is InChI=1S/C55H87BrN8O13/c1-17-32(9)41-52(73)61(14)42(30(5)6)47(68)57-36(25-29(3)4)50(71)63(16)45(55(11,12)76)54(75)77-44(33(10)18-2)53(74)62(15)43(31(7)8)48(69)58-37(28-40(65)66)49(70)60(13)39(27-34-21-19-22-35(56)26-34)51(72)64-24-20-23-38(64)46(67)59-41/h19,21-22,26,29-33,36-39,41-45,76H,17-18,20,23-25,27-28H2,1-16H3,(H,57,68)(H,58,69)(H,59,67)(H,65,66)/t32?,33?,36-,37-,38-,39-,41-,42-,43-,44+,45+/m0/s1. The Hall–Kier alpha value is -5.64. The van der Waals surface area contributed by atoms with Crippen molar-refractivity contribution in [2.75, 3.05) is 34.7 Å². The first-order chi connectivity index (χ1) is 35.7. The highest BCUT2D eigenvalue weighted by Gasteiger charge is 2.48. The molecule has 11 atom stereocenters. The Balaban J connectivity index is 2.38. The van der Waals surface area contributed by atoms with Gasteiger partial charge in [0.05, 0.1) is 12.0 Å². The van der Waals surface area contributed by atoms with Gasteiger partial charge < -0.3 is 55.4 Å². The molecule has 8 amide bonds. The smallest absolute Gasteiger partial charge is 0.332 e. The Kier molecular flexibility index (Phi) is 24.1. The molecule has 1 aromatic carbocycles. The minimum atomic E-state index is -2.01. The molecule has 2 aliphatic heterocycles. The van der Waals surface area contributed by atoms with Crippen molar-refractivity contribution in [3.05, 3.63) is 34.3 Å². The van der Waals surface area contributed by atoms with Crippen LogP contribution in [0.1, 0.15) is 127 Å². The normalized spacial score (nSPS) is 26.9. The van der Waals surface area contributed by atoms with E-state index in [0.717, 1.165) is 14.7 Å². The lowest BCUT2D eigenvalue weighted by Gasteiger charge is -2.39. The fourth-order valence-electron chi connectivity index (χ4n) is 10.3. The SMILES string of the molecule is CCC(C)[C@@H]1NC(=O)[C@@H]2CCCN2C(=O)[C@H](Cc2cccc(Br)c2)N(C)C(=O)[C@H](CC(=O)O)NC(=O)[C@H](C(C)C)N(C)C(=O)[C@@H](C(C)CC)OC(=O)[C@H](C(C)(C)O)N(C)C(=O)[C@H](CC(C)C)NC(=O)[C@H](C(C)C)N(C)C1=O. The number of carbonyl (C=O) groups is 10. The summed E-state index contributed by atoms with van der Waals surface area (Å²) in [6.07, 6.45) is -1.33. The number of rotatable bonds is 13. The molecule has 77 heavy (non-hydrogen) atoms. The number of hydrogen-bond donors (Lipinski definition) is 5. The number of nitrogens with zero attached hydrogens (tertiary/aromatic N) is 5. The molecule has 0 spiro atoms. The van der Waals surface area contributed by atoms with Crippen LogP contribution in [0, 0.1) is 29.6 Å². The van der Waals surface area contributed by atoms with Crippen molar-refractivity contribution in [1.29, 1.82) is 0 Å². The number of nitrogens with one attached hydrogen (secondary N) is 3. The monoisotopic (exact) mass is 1150 g/mol. The number of halogens is 1. The summed E-state index contributed by atoms with van der Waals surface area (Å²) in [7, 11) is 5.29. The highest BCUT2D eigenvalue weighted by molar-refractivity contribution is 9.10. The molecule has 0 aliphatic carbocycles. The molecule has 5 N–H and O–H groups in total. The van der Waals surface area contributed by atoms with Gasteiger partial charge in [-0.3, -0.25) is 43.2 Å². The number of ether oxygens (including phenoxy) is 1. The van der Waals surface area contributed by atoms with Gasteiger partial charge in [0.15, 0.2) is 12.1 Å². The lowest BCUT2D eigenvalue weighted by atomic mass is 9.93. The van der Waals surface area contributed by atoms with Gasteiger partial charge in [0, 0.05) is 51.5 Å². The van der Waals surface area contributed by atoms with Crippen molar-refractivity contribution < 1.29 is 62.9 Å². The van der Waals surface area contributed by atoms with Crippen LogP contribution in [0.25, 0.3) is 0 Å². The van der Waals surface area contributed by atoms with Gasteiger partial charge in [-0.05, 0) is 80.9 Å². The molecule has 2 unspecified atom stereocenters. The van der Waals surface area contributed by atoms with Gasteiger partial charge in [-0.2, -0.15) is 0 Å². The first kappa shape index (κ1) is 65.6. The summed E-state index contributed by atoms with van der Waals surface area (Å²) in [5.41, 5.74) is -1.42. The molecular formula is C55H87BrN8O13. The zero-order valence-electron chi connectivity index (χ0n) is 48.0. The van der Waals surface area contributed by atoms with Crippen molar-refractivity contribution in [2.45, 2.75) is 188 Å². The van der Waals surface area contributed by atoms with Gasteiger partial charge in [0.1, 0.15) is 42.3 Å². The average molecular weight is 1150 g/mol.